The monoisotopic (exact) mass is 267 g/mol. The first-order valence-corrected chi connectivity index (χ1v) is 7.73. The van der Waals surface area contributed by atoms with E-state index in [-0.39, 0.29) is 11.4 Å². The summed E-state index contributed by atoms with van der Waals surface area (Å²) in [5.74, 6) is 1.01. The molecule has 0 aromatic carbocycles. The van der Waals surface area contributed by atoms with Gasteiger partial charge in [-0.15, -0.1) is 0 Å². The zero-order valence-corrected chi connectivity index (χ0v) is 12.5. The Morgan fingerprint density at radius 1 is 1.16 bits per heavy atom. The molecule has 2 saturated heterocycles. The van der Waals surface area contributed by atoms with Gasteiger partial charge in [-0.05, 0) is 58.5 Å². The molecule has 2 rings (SSSR count). The highest BCUT2D eigenvalue weighted by molar-refractivity contribution is 5.77. The van der Waals surface area contributed by atoms with Crippen LogP contribution in [-0.2, 0) is 4.79 Å². The number of amides is 1. The summed E-state index contributed by atoms with van der Waals surface area (Å²) in [5, 5.41) is 0. The molecule has 0 saturated carbocycles. The molecule has 0 aromatic heterocycles. The van der Waals surface area contributed by atoms with Gasteiger partial charge in [-0.1, -0.05) is 0 Å². The van der Waals surface area contributed by atoms with E-state index in [9.17, 15) is 4.79 Å². The maximum atomic E-state index is 12.1. The minimum Gasteiger partial charge on any atom is -0.343 e. The van der Waals surface area contributed by atoms with Gasteiger partial charge in [0.25, 0.3) is 0 Å². The maximum Gasteiger partial charge on any atom is 0.224 e. The van der Waals surface area contributed by atoms with E-state index >= 15 is 0 Å². The molecule has 2 fully saturated rings. The molecule has 2 aliphatic rings. The lowest BCUT2D eigenvalue weighted by Gasteiger charge is -2.35. The molecule has 0 spiro atoms. The summed E-state index contributed by atoms with van der Waals surface area (Å²) in [4.78, 5) is 16.7. The number of nitrogens with zero attached hydrogens (tertiary/aromatic N) is 2. The Morgan fingerprint density at radius 2 is 1.74 bits per heavy atom. The van der Waals surface area contributed by atoms with Crippen LogP contribution in [0, 0.1) is 5.92 Å². The summed E-state index contributed by atoms with van der Waals surface area (Å²) >= 11 is 0. The number of hydrogen-bond acceptors (Lipinski definition) is 3. The summed E-state index contributed by atoms with van der Waals surface area (Å²) in [6.45, 7) is 9.49. The topological polar surface area (TPSA) is 49.6 Å². The molecule has 2 N–H and O–H groups in total. The Morgan fingerprint density at radius 3 is 2.26 bits per heavy atom. The number of hydrogen-bond donors (Lipinski definition) is 1. The second-order valence-corrected chi connectivity index (χ2v) is 7.00. The quantitative estimate of drug-likeness (QED) is 0.838. The predicted molar refractivity (Wildman–Crippen MR) is 77.9 cm³/mol. The third-order valence-electron chi connectivity index (χ3n) is 4.29. The molecule has 0 bridgehead atoms. The average molecular weight is 267 g/mol. The van der Waals surface area contributed by atoms with E-state index < -0.39 is 0 Å². The van der Waals surface area contributed by atoms with Gasteiger partial charge in [-0.25, -0.2) is 0 Å². The van der Waals surface area contributed by atoms with Crippen LogP contribution >= 0.6 is 0 Å². The minimum absolute atomic E-state index is 0.229. The molecule has 0 unspecified atom stereocenters. The molecule has 2 aliphatic heterocycles. The van der Waals surface area contributed by atoms with E-state index in [1.54, 1.807) is 0 Å². The van der Waals surface area contributed by atoms with E-state index in [1.807, 2.05) is 18.7 Å². The largest absolute Gasteiger partial charge is 0.343 e. The highest BCUT2D eigenvalue weighted by Crippen LogP contribution is 2.21. The number of piperidine rings is 1. The van der Waals surface area contributed by atoms with Crippen molar-refractivity contribution in [1.29, 1.82) is 0 Å². The van der Waals surface area contributed by atoms with Gasteiger partial charge >= 0.3 is 0 Å². The van der Waals surface area contributed by atoms with Crippen molar-refractivity contribution in [2.45, 2.75) is 51.5 Å². The minimum atomic E-state index is -0.385. The van der Waals surface area contributed by atoms with Crippen LogP contribution < -0.4 is 5.73 Å². The van der Waals surface area contributed by atoms with Crippen molar-refractivity contribution < 1.29 is 4.79 Å². The molecular formula is C15H29N3O. The van der Waals surface area contributed by atoms with Crippen molar-refractivity contribution in [3.8, 4) is 0 Å². The van der Waals surface area contributed by atoms with Gasteiger partial charge < -0.3 is 15.5 Å². The Kier molecular flexibility index (Phi) is 4.85. The van der Waals surface area contributed by atoms with Crippen LogP contribution in [-0.4, -0.2) is 54.0 Å². The highest BCUT2D eigenvalue weighted by Gasteiger charge is 2.27. The third-order valence-corrected chi connectivity index (χ3v) is 4.29. The average Bonchev–Trinajstić information content (AvgIpc) is 2.80. The molecule has 4 heteroatoms. The van der Waals surface area contributed by atoms with Gasteiger partial charge in [0.2, 0.25) is 5.91 Å². The highest BCUT2D eigenvalue weighted by atomic mass is 16.2. The fourth-order valence-electron chi connectivity index (χ4n) is 3.20. The molecule has 0 radical (unpaired) electrons. The number of carbonyl (C=O) groups is 1. The number of likely N-dealkylation sites (tertiary alicyclic amines) is 2. The Bertz CT molecular complexity index is 297. The van der Waals surface area contributed by atoms with E-state index in [0.29, 0.717) is 6.42 Å². The van der Waals surface area contributed by atoms with E-state index in [0.717, 1.165) is 31.8 Å². The molecule has 4 nitrogen and oxygen atoms in total. The SMILES string of the molecule is CC(C)(N)CC(=O)N1CCC(CN2CCCC2)CC1. The Balaban J connectivity index is 1.71. The van der Waals surface area contributed by atoms with Crippen molar-refractivity contribution in [3.63, 3.8) is 0 Å². The first-order valence-electron chi connectivity index (χ1n) is 7.73. The number of nitrogens with two attached hydrogens (primary N) is 1. The van der Waals surface area contributed by atoms with E-state index in [2.05, 4.69) is 4.90 Å². The van der Waals surface area contributed by atoms with Crippen LogP contribution in [0.3, 0.4) is 0 Å². The Hall–Kier alpha value is -0.610. The lowest BCUT2D eigenvalue weighted by Crippen LogP contribution is -2.45. The molecular weight excluding hydrogens is 238 g/mol. The second-order valence-electron chi connectivity index (χ2n) is 7.00. The molecule has 0 aliphatic carbocycles. The summed E-state index contributed by atoms with van der Waals surface area (Å²) in [6, 6.07) is 0. The number of carbonyl (C=O) groups excluding carboxylic acids is 1. The molecule has 0 atom stereocenters. The molecule has 1 amide bonds. The third kappa shape index (κ3) is 4.77. The van der Waals surface area contributed by atoms with Gasteiger partial charge in [-0.3, -0.25) is 4.79 Å². The Labute approximate surface area is 117 Å². The van der Waals surface area contributed by atoms with E-state index in [1.165, 1.54) is 32.5 Å². The zero-order valence-electron chi connectivity index (χ0n) is 12.5. The molecule has 2 heterocycles. The van der Waals surface area contributed by atoms with Crippen molar-refractivity contribution in [3.05, 3.63) is 0 Å². The molecule has 19 heavy (non-hydrogen) atoms. The van der Waals surface area contributed by atoms with Crippen LogP contribution in [0.4, 0.5) is 0 Å². The van der Waals surface area contributed by atoms with Crippen molar-refractivity contribution in [1.82, 2.24) is 9.80 Å². The summed E-state index contributed by atoms with van der Waals surface area (Å²) in [7, 11) is 0. The van der Waals surface area contributed by atoms with Gasteiger partial charge in [-0.2, -0.15) is 0 Å². The van der Waals surface area contributed by atoms with Crippen LogP contribution in [0.5, 0.6) is 0 Å². The summed E-state index contributed by atoms with van der Waals surface area (Å²) < 4.78 is 0. The maximum absolute atomic E-state index is 12.1. The van der Waals surface area contributed by atoms with Gasteiger partial charge in [0.05, 0.1) is 0 Å². The fraction of sp³-hybridized carbons (Fsp3) is 0.933. The van der Waals surface area contributed by atoms with Crippen LogP contribution in [0.1, 0.15) is 46.0 Å². The standard InChI is InChI=1S/C15H29N3O/c1-15(2,16)11-14(19)18-9-5-13(6-10-18)12-17-7-3-4-8-17/h13H,3-12,16H2,1-2H3. The van der Waals surface area contributed by atoms with Gasteiger partial charge in [0.1, 0.15) is 0 Å². The lowest BCUT2D eigenvalue weighted by atomic mass is 9.94. The van der Waals surface area contributed by atoms with Crippen LogP contribution in [0.2, 0.25) is 0 Å². The van der Waals surface area contributed by atoms with Crippen molar-refractivity contribution >= 4 is 5.91 Å². The summed E-state index contributed by atoms with van der Waals surface area (Å²) in [5.41, 5.74) is 5.54. The second kappa shape index (κ2) is 6.23. The zero-order chi connectivity index (χ0) is 13.9. The summed E-state index contributed by atoms with van der Waals surface area (Å²) in [6.07, 6.45) is 5.51. The van der Waals surface area contributed by atoms with Gasteiger partial charge in [0.15, 0.2) is 0 Å². The smallest absolute Gasteiger partial charge is 0.224 e. The van der Waals surface area contributed by atoms with E-state index in [4.69, 9.17) is 5.73 Å². The van der Waals surface area contributed by atoms with Crippen LogP contribution in [0.25, 0.3) is 0 Å². The van der Waals surface area contributed by atoms with Crippen molar-refractivity contribution in [2.75, 3.05) is 32.7 Å². The number of rotatable bonds is 4. The molecule has 110 valence electrons. The first kappa shape index (κ1) is 14.8. The first-order chi connectivity index (χ1) is 8.94. The van der Waals surface area contributed by atoms with Crippen LogP contribution in [0.15, 0.2) is 0 Å². The normalized spacial score (nSPS) is 23.0. The fourth-order valence-corrected chi connectivity index (χ4v) is 3.20. The van der Waals surface area contributed by atoms with Gasteiger partial charge in [0, 0.05) is 31.6 Å². The molecule has 0 aromatic rings. The lowest BCUT2D eigenvalue weighted by molar-refractivity contribution is -0.133. The predicted octanol–water partition coefficient (Wildman–Crippen LogP) is 1.45. The van der Waals surface area contributed by atoms with Crippen molar-refractivity contribution in [2.24, 2.45) is 11.7 Å².